The van der Waals surface area contributed by atoms with E-state index >= 15 is 0 Å². The van der Waals surface area contributed by atoms with Crippen molar-refractivity contribution in [1.82, 2.24) is 4.90 Å². The zero-order chi connectivity index (χ0) is 10.8. The van der Waals surface area contributed by atoms with Crippen molar-refractivity contribution in [2.45, 2.75) is 58.1 Å². The molecule has 1 aliphatic heterocycles. The third-order valence-electron chi connectivity index (χ3n) is 4.44. The molecule has 15 heavy (non-hydrogen) atoms. The van der Waals surface area contributed by atoms with E-state index in [1.165, 1.54) is 38.6 Å². The maximum absolute atomic E-state index is 9.58. The van der Waals surface area contributed by atoms with Gasteiger partial charge in [0, 0.05) is 12.6 Å². The van der Waals surface area contributed by atoms with Gasteiger partial charge in [-0.2, -0.15) is 0 Å². The Morgan fingerprint density at radius 2 is 1.80 bits per heavy atom. The molecule has 1 saturated carbocycles. The van der Waals surface area contributed by atoms with Gasteiger partial charge in [-0.25, -0.2) is 0 Å². The van der Waals surface area contributed by atoms with Gasteiger partial charge in [0.15, 0.2) is 0 Å². The molecule has 0 aromatic heterocycles. The predicted molar refractivity (Wildman–Crippen MR) is 62.8 cm³/mol. The Hall–Kier alpha value is -0.0800. The second kappa shape index (κ2) is 4.84. The highest BCUT2D eigenvalue weighted by molar-refractivity contribution is 4.86. The van der Waals surface area contributed by atoms with Crippen LogP contribution in [0.1, 0.15) is 46.0 Å². The van der Waals surface area contributed by atoms with Gasteiger partial charge in [-0.1, -0.05) is 6.92 Å². The predicted octanol–water partition coefficient (Wildman–Crippen LogP) is 2.27. The van der Waals surface area contributed by atoms with Crippen LogP contribution in [0.25, 0.3) is 0 Å². The lowest BCUT2D eigenvalue weighted by molar-refractivity contribution is 0.112. The minimum Gasteiger partial charge on any atom is -0.393 e. The Morgan fingerprint density at radius 3 is 2.33 bits per heavy atom. The van der Waals surface area contributed by atoms with Gasteiger partial charge in [0.05, 0.1) is 6.10 Å². The van der Waals surface area contributed by atoms with Gasteiger partial charge in [-0.05, 0) is 57.4 Å². The number of aliphatic hydroxyl groups is 1. The summed E-state index contributed by atoms with van der Waals surface area (Å²) >= 11 is 0. The molecular weight excluding hydrogens is 186 g/mol. The molecule has 2 rings (SSSR count). The fourth-order valence-electron chi connectivity index (χ4n) is 3.15. The summed E-state index contributed by atoms with van der Waals surface area (Å²) < 4.78 is 0. The monoisotopic (exact) mass is 211 g/mol. The standard InChI is InChI=1S/C13H25NO/c1-10-3-5-13(6-4-10)14-8-7-12(9-14)11(2)15/h10-13,15H,3-9H2,1-2H3. The smallest absolute Gasteiger partial charge is 0.0552 e. The zero-order valence-electron chi connectivity index (χ0n) is 10.2. The summed E-state index contributed by atoms with van der Waals surface area (Å²) in [5.74, 6) is 1.47. The van der Waals surface area contributed by atoms with Crippen LogP contribution in [0.4, 0.5) is 0 Å². The van der Waals surface area contributed by atoms with Crippen molar-refractivity contribution in [3.8, 4) is 0 Å². The maximum Gasteiger partial charge on any atom is 0.0552 e. The molecule has 2 fully saturated rings. The van der Waals surface area contributed by atoms with E-state index in [0.29, 0.717) is 5.92 Å². The molecule has 2 atom stereocenters. The van der Waals surface area contributed by atoms with Gasteiger partial charge in [-0.15, -0.1) is 0 Å². The van der Waals surface area contributed by atoms with E-state index in [4.69, 9.17) is 0 Å². The minimum atomic E-state index is -0.113. The van der Waals surface area contributed by atoms with Crippen LogP contribution in [0.15, 0.2) is 0 Å². The van der Waals surface area contributed by atoms with Gasteiger partial charge in [0.2, 0.25) is 0 Å². The average molecular weight is 211 g/mol. The topological polar surface area (TPSA) is 23.5 Å². The Morgan fingerprint density at radius 1 is 1.13 bits per heavy atom. The van der Waals surface area contributed by atoms with Crippen molar-refractivity contribution in [3.05, 3.63) is 0 Å². The van der Waals surface area contributed by atoms with Gasteiger partial charge in [0.1, 0.15) is 0 Å². The third kappa shape index (κ3) is 2.73. The lowest BCUT2D eigenvalue weighted by Crippen LogP contribution is -2.37. The Labute approximate surface area is 93.7 Å². The van der Waals surface area contributed by atoms with Crippen LogP contribution in [0.3, 0.4) is 0 Å². The van der Waals surface area contributed by atoms with Crippen LogP contribution in [0.5, 0.6) is 0 Å². The highest BCUT2D eigenvalue weighted by Crippen LogP contribution is 2.31. The highest BCUT2D eigenvalue weighted by atomic mass is 16.3. The van der Waals surface area contributed by atoms with Gasteiger partial charge < -0.3 is 10.0 Å². The van der Waals surface area contributed by atoms with Gasteiger partial charge in [-0.3, -0.25) is 0 Å². The molecule has 0 spiro atoms. The van der Waals surface area contributed by atoms with Crippen molar-refractivity contribution in [3.63, 3.8) is 0 Å². The summed E-state index contributed by atoms with van der Waals surface area (Å²) in [6.45, 7) is 6.67. The van der Waals surface area contributed by atoms with Crippen molar-refractivity contribution in [1.29, 1.82) is 0 Å². The van der Waals surface area contributed by atoms with Crippen molar-refractivity contribution in [2.75, 3.05) is 13.1 Å². The molecule has 88 valence electrons. The molecule has 0 bridgehead atoms. The maximum atomic E-state index is 9.58. The number of hydrogen-bond donors (Lipinski definition) is 1. The van der Waals surface area contributed by atoms with Crippen LogP contribution in [-0.2, 0) is 0 Å². The minimum absolute atomic E-state index is 0.113. The summed E-state index contributed by atoms with van der Waals surface area (Å²) in [5.41, 5.74) is 0. The summed E-state index contributed by atoms with van der Waals surface area (Å²) in [7, 11) is 0. The van der Waals surface area contributed by atoms with E-state index in [-0.39, 0.29) is 6.10 Å². The van der Waals surface area contributed by atoms with E-state index in [1.54, 1.807) is 0 Å². The third-order valence-corrected chi connectivity index (χ3v) is 4.44. The molecule has 0 radical (unpaired) electrons. The normalized spacial score (nSPS) is 40.6. The fraction of sp³-hybridized carbons (Fsp3) is 1.00. The largest absolute Gasteiger partial charge is 0.393 e. The Kier molecular flexibility index (Phi) is 3.68. The highest BCUT2D eigenvalue weighted by Gasteiger charge is 2.31. The van der Waals surface area contributed by atoms with Crippen LogP contribution in [-0.4, -0.2) is 35.2 Å². The molecule has 2 unspecified atom stereocenters. The lowest BCUT2D eigenvalue weighted by Gasteiger charge is -2.33. The first-order chi connectivity index (χ1) is 7.16. The van der Waals surface area contributed by atoms with Crippen LogP contribution >= 0.6 is 0 Å². The van der Waals surface area contributed by atoms with Crippen molar-refractivity contribution >= 4 is 0 Å². The lowest BCUT2D eigenvalue weighted by atomic mass is 9.87. The van der Waals surface area contributed by atoms with E-state index < -0.39 is 0 Å². The van der Waals surface area contributed by atoms with Crippen molar-refractivity contribution < 1.29 is 5.11 Å². The molecule has 0 aromatic carbocycles. The zero-order valence-corrected chi connectivity index (χ0v) is 10.2. The quantitative estimate of drug-likeness (QED) is 0.757. The molecule has 1 N–H and O–H groups in total. The number of rotatable bonds is 2. The van der Waals surface area contributed by atoms with Gasteiger partial charge >= 0.3 is 0 Å². The summed E-state index contributed by atoms with van der Waals surface area (Å²) in [6, 6.07) is 0.824. The fourth-order valence-corrected chi connectivity index (χ4v) is 3.15. The van der Waals surface area contributed by atoms with Crippen LogP contribution < -0.4 is 0 Å². The number of hydrogen-bond acceptors (Lipinski definition) is 2. The first-order valence-electron chi connectivity index (χ1n) is 6.59. The molecule has 0 amide bonds. The van der Waals surface area contributed by atoms with E-state index in [1.807, 2.05) is 6.92 Å². The SMILES string of the molecule is CC1CCC(N2CCC(C(C)O)C2)CC1. The van der Waals surface area contributed by atoms with Crippen LogP contribution in [0.2, 0.25) is 0 Å². The van der Waals surface area contributed by atoms with E-state index in [2.05, 4.69) is 11.8 Å². The first-order valence-corrected chi connectivity index (χ1v) is 6.59. The molecular formula is C13H25NO. The molecule has 2 aliphatic rings. The first kappa shape index (κ1) is 11.4. The van der Waals surface area contributed by atoms with Crippen LogP contribution in [0, 0.1) is 11.8 Å². The molecule has 0 aromatic rings. The Bertz CT molecular complexity index is 197. The van der Waals surface area contributed by atoms with Crippen molar-refractivity contribution in [2.24, 2.45) is 11.8 Å². The number of likely N-dealkylation sites (tertiary alicyclic amines) is 1. The second-order valence-electron chi connectivity index (χ2n) is 5.70. The second-order valence-corrected chi connectivity index (χ2v) is 5.70. The number of nitrogens with zero attached hydrogens (tertiary/aromatic N) is 1. The molecule has 2 nitrogen and oxygen atoms in total. The average Bonchev–Trinajstić information content (AvgIpc) is 2.68. The Balaban J connectivity index is 1.80. The molecule has 1 heterocycles. The van der Waals surface area contributed by atoms with E-state index in [0.717, 1.165) is 18.5 Å². The summed E-state index contributed by atoms with van der Waals surface area (Å²) in [4.78, 5) is 2.63. The molecule has 2 heteroatoms. The summed E-state index contributed by atoms with van der Waals surface area (Å²) in [6.07, 6.45) is 6.66. The molecule has 1 saturated heterocycles. The molecule has 1 aliphatic carbocycles. The summed E-state index contributed by atoms with van der Waals surface area (Å²) in [5, 5.41) is 9.58. The van der Waals surface area contributed by atoms with Gasteiger partial charge in [0.25, 0.3) is 0 Å². The van der Waals surface area contributed by atoms with E-state index in [9.17, 15) is 5.11 Å². The number of aliphatic hydroxyl groups excluding tert-OH is 1.